The fourth-order valence-corrected chi connectivity index (χ4v) is 2.26. The molecular formula is C14H21ClN2S. The highest BCUT2D eigenvalue weighted by Crippen LogP contribution is 2.22. The summed E-state index contributed by atoms with van der Waals surface area (Å²) in [7, 11) is 0. The van der Waals surface area contributed by atoms with Gasteiger partial charge in [0.1, 0.15) is 4.99 Å². The van der Waals surface area contributed by atoms with E-state index >= 15 is 0 Å². The van der Waals surface area contributed by atoms with Gasteiger partial charge < -0.3 is 11.1 Å². The van der Waals surface area contributed by atoms with Gasteiger partial charge in [-0.05, 0) is 43.9 Å². The molecule has 0 saturated heterocycles. The van der Waals surface area contributed by atoms with Gasteiger partial charge in [-0.15, -0.1) is 0 Å². The second-order valence-electron chi connectivity index (χ2n) is 5.08. The molecule has 1 atom stereocenters. The summed E-state index contributed by atoms with van der Waals surface area (Å²) in [6.07, 6.45) is 2.36. The standard InChI is InChI=1S/C14H21ClN2S/c1-9(2)4-5-10(3)17-11-6-7-12(14(16)18)13(15)8-11/h6-10,17H,4-5H2,1-3H3,(H2,16,18). The molecule has 1 rings (SSSR count). The first-order valence-electron chi connectivity index (χ1n) is 6.26. The number of nitrogens with one attached hydrogen (secondary N) is 1. The Morgan fingerprint density at radius 3 is 2.50 bits per heavy atom. The summed E-state index contributed by atoms with van der Waals surface area (Å²) in [6.45, 7) is 6.65. The number of nitrogens with two attached hydrogens (primary N) is 1. The van der Waals surface area contributed by atoms with Crippen molar-refractivity contribution in [3.63, 3.8) is 0 Å². The van der Waals surface area contributed by atoms with Crippen molar-refractivity contribution < 1.29 is 0 Å². The average molecular weight is 285 g/mol. The zero-order chi connectivity index (χ0) is 13.7. The largest absolute Gasteiger partial charge is 0.389 e. The van der Waals surface area contributed by atoms with Crippen molar-refractivity contribution in [1.82, 2.24) is 0 Å². The van der Waals surface area contributed by atoms with Crippen LogP contribution in [-0.4, -0.2) is 11.0 Å². The second-order valence-corrected chi connectivity index (χ2v) is 5.92. The van der Waals surface area contributed by atoms with Crippen LogP contribution in [0.4, 0.5) is 5.69 Å². The Labute approximate surface area is 120 Å². The average Bonchev–Trinajstić information content (AvgIpc) is 2.26. The molecule has 0 aromatic heterocycles. The summed E-state index contributed by atoms with van der Waals surface area (Å²) >= 11 is 11.1. The minimum Gasteiger partial charge on any atom is -0.389 e. The van der Waals surface area contributed by atoms with E-state index < -0.39 is 0 Å². The molecule has 18 heavy (non-hydrogen) atoms. The first-order valence-corrected chi connectivity index (χ1v) is 7.04. The van der Waals surface area contributed by atoms with Crippen molar-refractivity contribution in [1.29, 1.82) is 0 Å². The van der Waals surface area contributed by atoms with Gasteiger partial charge >= 0.3 is 0 Å². The minimum absolute atomic E-state index is 0.333. The lowest BCUT2D eigenvalue weighted by Gasteiger charge is -2.17. The van der Waals surface area contributed by atoms with Crippen LogP contribution >= 0.6 is 23.8 Å². The Morgan fingerprint density at radius 1 is 1.33 bits per heavy atom. The molecule has 0 aliphatic heterocycles. The van der Waals surface area contributed by atoms with Crippen LogP contribution < -0.4 is 11.1 Å². The fourth-order valence-electron chi connectivity index (χ4n) is 1.74. The SMILES string of the molecule is CC(C)CCC(C)Nc1ccc(C(N)=S)c(Cl)c1. The maximum absolute atomic E-state index is 6.13. The summed E-state index contributed by atoms with van der Waals surface area (Å²) in [6, 6.07) is 6.13. The molecule has 1 aromatic carbocycles. The third kappa shape index (κ3) is 4.83. The van der Waals surface area contributed by atoms with Crippen LogP contribution in [0.3, 0.4) is 0 Å². The second kappa shape index (κ2) is 6.95. The van der Waals surface area contributed by atoms with E-state index in [1.807, 2.05) is 18.2 Å². The number of thiocarbonyl (C=S) groups is 1. The number of halogens is 1. The van der Waals surface area contributed by atoms with Gasteiger partial charge in [0.2, 0.25) is 0 Å². The normalized spacial score (nSPS) is 12.5. The number of rotatable bonds is 6. The summed E-state index contributed by atoms with van der Waals surface area (Å²) in [4.78, 5) is 0.333. The van der Waals surface area contributed by atoms with E-state index in [0.29, 0.717) is 16.1 Å². The maximum Gasteiger partial charge on any atom is 0.105 e. The quantitative estimate of drug-likeness (QED) is 0.769. The molecule has 4 heteroatoms. The van der Waals surface area contributed by atoms with Crippen LogP contribution in [0.15, 0.2) is 18.2 Å². The molecule has 0 bridgehead atoms. The van der Waals surface area contributed by atoms with Gasteiger partial charge in [-0.1, -0.05) is 37.7 Å². The van der Waals surface area contributed by atoms with Crippen LogP contribution in [0, 0.1) is 5.92 Å². The van der Waals surface area contributed by atoms with Gasteiger partial charge in [0.15, 0.2) is 0 Å². The molecule has 2 nitrogen and oxygen atoms in total. The van der Waals surface area contributed by atoms with Gasteiger partial charge in [0.25, 0.3) is 0 Å². The number of anilines is 1. The summed E-state index contributed by atoms with van der Waals surface area (Å²) in [5, 5.41) is 4.04. The van der Waals surface area contributed by atoms with E-state index in [-0.39, 0.29) is 0 Å². The Morgan fingerprint density at radius 2 is 2.00 bits per heavy atom. The summed E-state index contributed by atoms with van der Waals surface area (Å²) < 4.78 is 0. The van der Waals surface area contributed by atoms with E-state index in [4.69, 9.17) is 29.6 Å². The molecule has 0 aliphatic carbocycles. The van der Waals surface area contributed by atoms with E-state index in [9.17, 15) is 0 Å². The Hall–Kier alpha value is -0.800. The Balaban J connectivity index is 2.63. The zero-order valence-corrected chi connectivity index (χ0v) is 12.7. The van der Waals surface area contributed by atoms with Crippen molar-refractivity contribution >= 4 is 34.5 Å². The lowest BCUT2D eigenvalue weighted by molar-refractivity contribution is 0.528. The first kappa shape index (κ1) is 15.3. The third-order valence-electron chi connectivity index (χ3n) is 2.82. The highest BCUT2D eigenvalue weighted by atomic mass is 35.5. The van der Waals surface area contributed by atoms with Crippen molar-refractivity contribution in [3.8, 4) is 0 Å². The van der Waals surface area contributed by atoms with Gasteiger partial charge in [-0.2, -0.15) is 0 Å². The molecule has 0 fully saturated rings. The van der Waals surface area contributed by atoms with Crippen LogP contribution in [-0.2, 0) is 0 Å². The van der Waals surface area contributed by atoms with Crippen LogP contribution in [0.25, 0.3) is 0 Å². The molecule has 0 saturated carbocycles. The first-order chi connectivity index (χ1) is 8.40. The smallest absolute Gasteiger partial charge is 0.105 e. The number of hydrogen-bond acceptors (Lipinski definition) is 2. The topological polar surface area (TPSA) is 38.0 Å². The molecule has 0 amide bonds. The maximum atomic E-state index is 6.13. The molecule has 0 spiro atoms. The van der Waals surface area contributed by atoms with E-state index in [2.05, 4.69) is 26.1 Å². The predicted molar refractivity (Wildman–Crippen MR) is 84.5 cm³/mol. The molecule has 0 radical (unpaired) electrons. The number of benzene rings is 1. The molecule has 100 valence electrons. The summed E-state index contributed by atoms with van der Waals surface area (Å²) in [5.74, 6) is 0.731. The fraction of sp³-hybridized carbons (Fsp3) is 0.500. The Bertz CT molecular complexity index is 418. The lowest BCUT2D eigenvalue weighted by Crippen LogP contribution is -2.16. The van der Waals surface area contributed by atoms with Crippen molar-refractivity contribution in [3.05, 3.63) is 28.8 Å². The monoisotopic (exact) mass is 284 g/mol. The molecular weight excluding hydrogens is 264 g/mol. The van der Waals surface area contributed by atoms with Crippen molar-refractivity contribution in [2.45, 2.75) is 39.7 Å². The third-order valence-corrected chi connectivity index (χ3v) is 3.36. The highest BCUT2D eigenvalue weighted by molar-refractivity contribution is 7.80. The Kier molecular flexibility index (Phi) is 5.89. The molecule has 0 heterocycles. The number of hydrogen-bond donors (Lipinski definition) is 2. The van der Waals surface area contributed by atoms with Crippen molar-refractivity contribution in [2.75, 3.05) is 5.32 Å². The van der Waals surface area contributed by atoms with Crippen LogP contribution in [0.5, 0.6) is 0 Å². The van der Waals surface area contributed by atoms with E-state index in [1.54, 1.807) is 0 Å². The zero-order valence-electron chi connectivity index (χ0n) is 11.2. The van der Waals surface area contributed by atoms with Gasteiger partial charge in [0.05, 0.1) is 5.02 Å². The summed E-state index contributed by atoms with van der Waals surface area (Å²) in [5.41, 5.74) is 7.31. The van der Waals surface area contributed by atoms with E-state index in [1.165, 1.54) is 6.42 Å². The van der Waals surface area contributed by atoms with Crippen LogP contribution in [0.2, 0.25) is 5.02 Å². The van der Waals surface area contributed by atoms with E-state index in [0.717, 1.165) is 23.6 Å². The van der Waals surface area contributed by atoms with Crippen LogP contribution in [0.1, 0.15) is 39.2 Å². The molecule has 0 aliphatic rings. The highest BCUT2D eigenvalue weighted by Gasteiger charge is 2.07. The van der Waals surface area contributed by atoms with Gasteiger partial charge in [0, 0.05) is 17.3 Å². The molecule has 1 aromatic rings. The van der Waals surface area contributed by atoms with Gasteiger partial charge in [-0.3, -0.25) is 0 Å². The van der Waals surface area contributed by atoms with Gasteiger partial charge in [-0.25, -0.2) is 0 Å². The minimum atomic E-state index is 0.333. The molecule has 3 N–H and O–H groups in total. The predicted octanol–water partition coefficient (Wildman–Crippen LogP) is 4.21. The lowest BCUT2D eigenvalue weighted by atomic mass is 10.0. The molecule has 1 unspecified atom stereocenters. The van der Waals surface area contributed by atoms with Crippen molar-refractivity contribution in [2.24, 2.45) is 11.7 Å².